The Labute approximate surface area is 177 Å². The largest absolute Gasteiger partial charge is 0.493 e. The normalized spacial score (nSPS) is 38.2. The van der Waals surface area contributed by atoms with Gasteiger partial charge in [-0.15, -0.1) is 0 Å². The van der Waals surface area contributed by atoms with Crippen molar-refractivity contribution in [1.29, 1.82) is 0 Å². The molecule has 0 radical (unpaired) electrons. The number of hydrogen-bond donors (Lipinski definition) is 1. The molecule has 4 fully saturated rings. The summed E-state index contributed by atoms with van der Waals surface area (Å²) in [5.74, 6) is 1.59. The zero-order valence-corrected chi connectivity index (χ0v) is 18.1. The van der Waals surface area contributed by atoms with Crippen LogP contribution in [0.1, 0.15) is 43.0 Å². The molecule has 6 atom stereocenters. The highest BCUT2D eigenvalue weighted by atomic mass is 16.5. The summed E-state index contributed by atoms with van der Waals surface area (Å²) in [5.41, 5.74) is -0.603. The Balaban J connectivity index is 1.69. The lowest BCUT2D eigenvalue weighted by Crippen LogP contribution is -2.79. The van der Waals surface area contributed by atoms with Crippen LogP contribution < -0.4 is 14.8 Å². The second-order valence-electron chi connectivity index (χ2n) is 9.24. The molecule has 1 aliphatic carbocycles. The topological polar surface area (TPSA) is 77.1 Å². The van der Waals surface area contributed by atoms with Gasteiger partial charge in [-0.2, -0.15) is 0 Å². The number of methoxy groups -OCH3 is 3. The summed E-state index contributed by atoms with van der Waals surface area (Å²) in [6.45, 7) is 4.00. The number of piperidine rings is 3. The highest BCUT2D eigenvalue weighted by Gasteiger charge is 2.74. The lowest BCUT2D eigenvalue weighted by molar-refractivity contribution is -0.193. The highest BCUT2D eigenvalue weighted by molar-refractivity contribution is 6.17. The second-order valence-corrected chi connectivity index (χ2v) is 9.24. The number of nitrogens with zero attached hydrogens (tertiary/aromatic N) is 1. The van der Waals surface area contributed by atoms with Crippen LogP contribution in [0.25, 0.3) is 0 Å². The van der Waals surface area contributed by atoms with Gasteiger partial charge in [-0.1, -0.05) is 13.3 Å². The minimum Gasteiger partial charge on any atom is -0.493 e. The van der Waals surface area contributed by atoms with Crippen molar-refractivity contribution >= 4 is 17.4 Å². The summed E-state index contributed by atoms with van der Waals surface area (Å²) in [5, 5.41) is 3.55. The average molecular weight is 415 g/mol. The molecule has 1 saturated carbocycles. The molecule has 6 rings (SSSR count). The molecular formula is C23H30N2O5. The summed E-state index contributed by atoms with van der Waals surface area (Å²) in [6.07, 6.45) is 3.39. The zero-order valence-electron chi connectivity index (χ0n) is 18.1. The number of rotatable bonds is 4. The molecule has 5 aliphatic rings. The van der Waals surface area contributed by atoms with Crippen LogP contribution in [0.15, 0.2) is 12.1 Å². The van der Waals surface area contributed by atoms with E-state index in [1.807, 2.05) is 6.07 Å². The third-order valence-electron chi connectivity index (χ3n) is 8.20. The van der Waals surface area contributed by atoms with Crippen LogP contribution >= 0.6 is 0 Å². The van der Waals surface area contributed by atoms with Crippen LogP contribution in [0.3, 0.4) is 0 Å². The van der Waals surface area contributed by atoms with Crippen LogP contribution in [0.4, 0.5) is 5.69 Å². The first-order valence-corrected chi connectivity index (χ1v) is 10.9. The van der Waals surface area contributed by atoms with Gasteiger partial charge in [-0.05, 0) is 37.2 Å². The van der Waals surface area contributed by atoms with Crippen molar-refractivity contribution in [3.63, 3.8) is 0 Å². The zero-order chi connectivity index (χ0) is 21.3. The maximum absolute atomic E-state index is 14.1. The van der Waals surface area contributed by atoms with Gasteiger partial charge < -0.3 is 19.5 Å². The SMILES string of the molecule is CCC1CC2CN3CCC4(Nc5cc(OC)c(OC)cc5C4=O)C(C(=O)OC)(C2)C13. The first-order valence-electron chi connectivity index (χ1n) is 10.9. The number of ether oxygens (including phenoxy) is 3. The molecule has 1 N–H and O–H groups in total. The molecule has 6 unspecified atom stereocenters. The molecular weight excluding hydrogens is 384 g/mol. The number of ketones is 1. The Bertz CT molecular complexity index is 909. The quantitative estimate of drug-likeness (QED) is 0.759. The molecule has 1 spiro atoms. The summed E-state index contributed by atoms with van der Waals surface area (Å²) >= 11 is 0. The number of anilines is 1. The lowest BCUT2D eigenvalue weighted by Gasteiger charge is -2.66. The van der Waals surface area contributed by atoms with Crippen molar-refractivity contribution in [3.05, 3.63) is 17.7 Å². The monoisotopic (exact) mass is 414 g/mol. The van der Waals surface area contributed by atoms with Gasteiger partial charge in [-0.25, -0.2) is 0 Å². The number of carbonyl (C=O) groups is 2. The van der Waals surface area contributed by atoms with E-state index in [-0.39, 0.29) is 17.8 Å². The molecule has 4 aliphatic heterocycles. The van der Waals surface area contributed by atoms with E-state index in [4.69, 9.17) is 14.2 Å². The number of Topliss-reactive ketones (excluding diaryl/α,β-unsaturated/α-hetero) is 1. The van der Waals surface area contributed by atoms with Crippen molar-refractivity contribution in [1.82, 2.24) is 4.90 Å². The number of nitrogens with one attached hydrogen (secondary N) is 1. The second kappa shape index (κ2) is 6.61. The van der Waals surface area contributed by atoms with E-state index in [9.17, 15) is 9.59 Å². The molecule has 7 nitrogen and oxygen atoms in total. The Hall–Kier alpha value is -2.28. The Morgan fingerprint density at radius 3 is 2.63 bits per heavy atom. The van der Waals surface area contributed by atoms with Gasteiger partial charge in [0, 0.05) is 36.4 Å². The van der Waals surface area contributed by atoms with Gasteiger partial charge in [0.2, 0.25) is 0 Å². The first kappa shape index (κ1) is 19.7. The van der Waals surface area contributed by atoms with Crippen LogP contribution in [0, 0.1) is 17.3 Å². The highest BCUT2D eigenvalue weighted by Crippen LogP contribution is 2.63. The number of hydrogen-bond acceptors (Lipinski definition) is 7. The average Bonchev–Trinajstić information content (AvgIpc) is 3.06. The predicted molar refractivity (Wildman–Crippen MR) is 111 cm³/mol. The standard InChI is InChI=1S/C23H30N2O5/c1-5-14-8-13-11-22(21(27)30-4)19(14)25(12-13)7-6-23(22)20(26)15-9-17(28-2)18(29-3)10-16(15)24-23/h9-10,13-14,19,24H,5-8,11-12H2,1-4H3. The van der Waals surface area contributed by atoms with Crippen LogP contribution in [0.5, 0.6) is 11.5 Å². The van der Waals surface area contributed by atoms with E-state index in [1.54, 1.807) is 20.3 Å². The van der Waals surface area contributed by atoms with Crippen molar-refractivity contribution in [2.75, 3.05) is 39.7 Å². The molecule has 7 heteroatoms. The van der Waals surface area contributed by atoms with Crippen LogP contribution in [-0.2, 0) is 9.53 Å². The first-order chi connectivity index (χ1) is 14.5. The predicted octanol–water partition coefficient (Wildman–Crippen LogP) is 2.73. The molecule has 3 saturated heterocycles. The lowest BCUT2D eigenvalue weighted by atomic mass is 9.47. The third kappa shape index (κ3) is 2.19. The van der Waals surface area contributed by atoms with Crippen molar-refractivity contribution < 1.29 is 23.8 Å². The number of fused-ring (bicyclic) bond motifs is 2. The molecule has 162 valence electrons. The Morgan fingerprint density at radius 1 is 1.23 bits per heavy atom. The van der Waals surface area contributed by atoms with E-state index < -0.39 is 11.0 Å². The Morgan fingerprint density at radius 2 is 1.97 bits per heavy atom. The van der Waals surface area contributed by atoms with E-state index in [0.717, 1.165) is 25.9 Å². The summed E-state index contributed by atoms with van der Waals surface area (Å²) in [6, 6.07) is 3.58. The van der Waals surface area contributed by atoms with Gasteiger partial charge in [0.15, 0.2) is 17.3 Å². The van der Waals surface area contributed by atoms with Gasteiger partial charge in [0.25, 0.3) is 0 Å². The summed E-state index contributed by atoms with van der Waals surface area (Å²) in [4.78, 5) is 30.1. The molecule has 1 aromatic carbocycles. The molecule has 30 heavy (non-hydrogen) atoms. The molecule has 1 aromatic rings. The summed E-state index contributed by atoms with van der Waals surface area (Å²) in [7, 11) is 4.59. The van der Waals surface area contributed by atoms with E-state index in [0.29, 0.717) is 47.4 Å². The van der Waals surface area contributed by atoms with Crippen molar-refractivity contribution in [3.8, 4) is 11.5 Å². The number of carbonyl (C=O) groups excluding carboxylic acids is 2. The molecule has 0 aromatic heterocycles. The van der Waals surface area contributed by atoms with Crippen molar-refractivity contribution in [2.45, 2.75) is 44.2 Å². The molecule has 0 amide bonds. The van der Waals surface area contributed by atoms with E-state index in [2.05, 4.69) is 17.1 Å². The van der Waals surface area contributed by atoms with E-state index in [1.165, 1.54) is 7.11 Å². The van der Waals surface area contributed by atoms with Gasteiger partial charge in [0.1, 0.15) is 11.0 Å². The maximum atomic E-state index is 14.1. The third-order valence-corrected chi connectivity index (χ3v) is 8.20. The minimum absolute atomic E-state index is 0.0169. The van der Waals surface area contributed by atoms with Gasteiger partial charge in [0.05, 0.1) is 21.3 Å². The van der Waals surface area contributed by atoms with Crippen LogP contribution in [-0.4, -0.2) is 62.7 Å². The molecule has 4 heterocycles. The maximum Gasteiger partial charge on any atom is 0.316 e. The fourth-order valence-corrected chi connectivity index (χ4v) is 7.13. The smallest absolute Gasteiger partial charge is 0.316 e. The minimum atomic E-state index is -0.993. The van der Waals surface area contributed by atoms with Crippen molar-refractivity contribution in [2.24, 2.45) is 17.3 Å². The fourth-order valence-electron chi connectivity index (χ4n) is 7.13. The van der Waals surface area contributed by atoms with Crippen LogP contribution in [0.2, 0.25) is 0 Å². The Kier molecular flexibility index (Phi) is 4.33. The summed E-state index contributed by atoms with van der Waals surface area (Å²) < 4.78 is 16.3. The molecule has 4 bridgehead atoms. The number of esters is 1. The van der Waals surface area contributed by atoms with Gasteiger partial charge in [-0.3, -0.25) is 14.5 Å². The van der Waals surface area contributed by atoms with E-state index >= 15 is 0 Å². The number of benzene rings is 1. The van der Waals surface area contributed by atoms with Gasteiger partial charge >= 0.3 is 5.97 Å². The fraction of sp³-hybridized carbons (Fsp3) is 0.652.